The second kappa shape index (κ2) is 8.06. The summed E-state index contributed by atoms with van der Waals surface area (Å²) < 4.78 is 4.72. The zero-order valence-corrected chi connectivity index (χ0v) is 9.03. The van der Waals surface area contributed by atoms with Crippen molar-refractivity contribution in [2.24, 2.45) is 5.41 Å². The molecule has 0 aromatic carbocycles. The first-order valence-corrected chi connectivity index (χ1v) is 4.58. The first kappa shape index (κ1) is 13.5. The lowest BCUT2D eigenvalue weighted by molar-refractivity contribution is 0.0367. The van der Waals surface area contributed by atoms with E-state index >= 15 is 0 Å². The van der Waals surface area contributed by atoms with E-state index in [1.54, 1.807) is 0 Å². The third kappa shape index (κ3) is 40.2. The van der Waals surface area contributed by atoms with E-state index in [-0.39, 0.29) is 0 Å². The van der Waals surface area contributed by atoms with Gasteiger partial charge in [0.2, 0.25) is 0 Å². The molecule has 1 fully saturated rings. The van der Waals surface area contributed by atoms with Crippen LogP contribution < -0.4 is 0 Å². The highest BCUT2D eigenvalue weighted by Crippen LogP contribution is 2.08. The summed E-state index contributed by atoms with van der Waals surface area (Å²) in [6.45, 7) is 14.8. The average molecular weight is 160 g/mol. The fraction of sp³-hybridized carbons (Fsp3) is 1.00. The Labute approximate surface area is 72.1 Å². The van der Waals surface area contributed by atoms with Crippen LogP contribution in [0.2, 0.25) is 0 Å². The molecule has 0 aliphatic carbocycles. The van der Waals surface area contributed by atoms with Gasteiger partial charge < -0.3 is 4.74 Å². The summed E-state index contributed by atoms with van der Waals surface area (Å²) in [4.78, 5) is 0. The largest absolute Gasteiger partial charge is 0.381 e. The smallest absolute Gasteiger partial charge is 0.0488 e. The molecule has 1 heteroatoms. The van der Waals surface area contributed by atoms with E-state index in [1.165, 1.54) is 6.42 Å². The lowest BCUT2D eigenvalue weighted by Crippen LogP contribution is -2.09. The third-order valence-electron chi connectivity index (χ3n) is 0.577. The van der Waals surface area contributed by atoms with Crippen LogP contribution in [0.4, 0.5) is 0 Å². The van der Waals surface area contributed by atoms with Gasteiger partial charge in [-0.15, -0.1) is 0 Å². The Morgan fingerprint density at radius 2 is 1.00 bits per heavy atom. The van der Waals surface area contributed by atoms with Crippen molar-refractivity contribution < 1.29 is 4.74 Å². The topological polar surface area (TPSA) is 9.23 Å². The molecule has 0 spiro atoms. The zero-order chi connectivity index (χ0) is 9.33. The number of rotatable bonds is 0. The predicted molar refractivity (Wildman–Crippen MR) is 51.9 cm³/mol. The van der Waals surface area contributed by atoms with Crippen LogP contribution in [-0.4, -0.2) is 13.2 Å². The third-order valence-corrected chi connectivity index (χ3v) is 0.577. The standard InChI is InChI=1S/C5H12.C3H6O.C2H6/c1-5(2,3)4;1-2-4-3-1;1-2/h1-4H3;1-3H2;1-2H3. The molecule has 1 aliphatic heterocycles. The van der Waals surface area contributed by atoms with Crippen molar-refractivity contribution in [2.75, 3.05) is 13.2 Å². The molecule has 1 saturated heterocycles. The molecule has 70 valence electrons. The van der Waals surface area contributed by atoms with Crippen LogP contribution in [0.15, 0.2) is 0 Å². The quantitative estimate of drug-likeness (QED) is 0.527. The van der Waals surface area contributed by atoms with Crippen molar-refractivity contribution in [2.45, 2.75) is 48.0 Å². The van der Waals surface area contributed by atoms with Gasteiger partial charge in [-0.2, -0.15) is 0 Å². The van der Waals surface area contributed by atoms with Crippen molar-refractivity contribution in [1.82, 2.24) is 0 Å². The molecule has 0 saturated carbocycles. The van der Waals surface area contributed by atoms with Gasteiger partial charge in [0, 0.05) is 13.2 Å². The molecule has 0 N–H and O–H groups in total. The maximum Gasteiger partial charge on any atom is 0.0488 e. The van der Waals surface area contributed by atoms with Crippen molar-refractivity contribution in [3.63, 3.8) is 0 Å². The predicted octanol–water partition coefficient (Wildman–Crippen LogP) is 3.49. The van der Waals surface area contributed by atoms with Gasteiger partial charge in [0.05, 0.1) is 0 Å². The maximum atomic E-state index is 4.72. The van der Waals surface area contributed by atoms with Crippen LogP contribution in [0.5, 0.6) is 0 Å². The van der Waals surface area contributed by atoms with Gasteiger partial charge >= 0.3 is 0 Å². The summed E-state index contributed by atoms with van der Waals surface area (Å²) in [5.74, 6) is 0. The summed E-state index contributed by atoms with van der Waals surface area (Å²) in [5, 5.41) is 0. The van der Waals surface area contributed by atoms with E-state index in [4.69, 9.17) is 4.74 Å². The van der Waals surface area contributed by atoms with Crippen LogP contribution in [0.1, 0.15) is 48.0 Å². The molecule has 11 heavy (non-hydrogen) atoms. The van der Waals surface area contributed by atoms with E-state index in [1.807, 2.05) is 13.8 Å². The molecule has 0 unspecified atom stereocenters. The van der Waals surface area contributed by atoms with E-state index in [9.17, 15) is 0 Å². The van der Waals surface area contributed by atoms with Gasteiger partial charge in [-0.3, -0.25) is 0 Å². The molecule has 1 heterocycles. The van der Waals surface area contributed by atoms with E-state index in [0.29, 0.717) is 5.41 Å². The summed E-state index contributed by atoms with van der Waals surface area (Å²) in [7, 11) is 0. The molecule has 0 radical (unpaired) electrons. The first-order valence-electron chi connectivity index (χ1n) is 4.58. The van der Waals surface area contributed by atoms with Gasteiger partial charge in [-0.05, 0) is 11.8 Å². The molecular formula is C10H24O. The van der Waals surface area contributed by atoms with E-state index in [2.05, 4.69) is 27.7 Å². The van der Waals surface area contributed by atoms with Gasteiger partial charge in [0.1, 0.15) is 0 Å². The van der Waals surface area contributed by atoms with Gasteiger partial charge in [0.15, 0.2) is 0 Å². The summed E-state index contributed by atoms with van der Waals surface area (Å²) in [6.07, 6.45) is 1.28. The molecule has 0 aromatic heterocycles. The molecule has 0 bridgehead atoms. The second-order valence-electron chi connectivity index (χ2n) is 3.97. The molecule has 1 rings (SSSR count). The van der Waals surface area contributed by atoms with Crippen molar-refractivity contribution in [1.29, 1.82) is 0 Å². The van der Waals surface area contributed by atoms with Crippen LogP contribution in [0.3, 0.4) is 0 Å². The van der Waals surface area contributed by atoms with Gasteiger partial charge in [-0.1, -0.05) is 41.5 Å². The van der Waals surface area contributed by atoms with Crippen LogP contribution >= 0.6 is 0 Å². The Balaban J connectivity index is 0. The summed E-state index contributed by atoms with van der Waals surface area (Å²) in [6, 6.07) is 0. The lowest BCUT2D eigenvalue weighted by Gasteiger charge is -2.09. The summed E-state index contributed by atoms with van der Waals surface area (Å²) >= 11 is 0. The van der Waals surface area contributed by atoms with Crippen molar-refractivity contribution >= 4 is 0 Å². The van der Waals surface area contributed by atoms with Gasteiger partial charge in [-0.25, -0.2) is 0 Å². The minimum absolute atomic E-state index is 0.500. The molecule has 1 aliphatic rings. The monoisotopic (exact) mass is 160 g/mol. The van der Waals surface area contributed by atoms with Crippen LogP contribution in [0, 0.1) is 5.41 Å². The number of hydrogen-bond acceptors (Lipinski definition) is 1. The fourth-order valence-corrected chi connectivity index (χ4v) is 0.144. The van der Waals surface area contributed by atoms with E-state index in [0.717, 1.165) is 13.2 Å². The minimum atomic E-state index is 0.500. The average Bonchev–Trinajstić information content (AvgIpc) is 1.59. The Morgan fingerprint density at radius 3 is 1.00 bits per heavy atom. The number of hydrogen-bond donors (Lipinski definition) is 0. The Morgan fingerprint density at radius 1 is 0.909 bits per heavy atom. The maximum absolute atomic E-state index is 4.72. The fourth-order valence-electron chi connectivity index (χ4n) is 0.144. The Bertz CT molecular complexity index is 47.8. The first-order chi connectivity index (χ1) is 5.00. The molecule has 0 atom stereocenters. The van der Waals surface area contributed by atoms with Crippen molar-refractivity contribution in [3.8, 4) is 0 Å². The second-order valence-corrected chi connectivity index (χ2v) is 3.97. The highest BCUT2D eigenvalue weighted by atomic mass is 16.5. The Kier molecular flexibility index (Phi) is 9.92. The van der Waals surface area contributed by atoms with Crippen LogP contribution in [-0.2, 0) is 4.74 Å². The molecule has 0 aromatic rings. The summed E-state index contributed by atoms with van der Waals surface area (Å²) in [5.41, 5.74) is 0.500. The highest BCUT2D eigenvalue weighted by Gasteiger charge is 1.95. The zero-order valence-electron chi connectivity index (χ0n) is 9.03. The Hall–Kier alpha value is -0.0400. The number of ether oxygens (including phenoxy) is 1. The minimum Gasteiger partial charge on any atom is -0.381 e. The van der Waals surface area contributed by atoms with Crippen molar-refractivity contribution in [3.05, 3.63) is 0 Å². The molecule has 1 nitrogen and oxygen atoms in total. The molecular weight excluding hydrogens is 136 g/mol. The molecule has 0 amide bonds. The lowest BCUT2D eigenvalue weighted by atomic mass is 10.0. The highest BCUT2D eigenvalue weighted by molar-refractivity contribution is 4.47. The van der Waals surface area contributed by atoms with Crippen LogP contribution in [0.25, 0.3) is 0 Å². The van der Waals surface area contributed by atoms with E-state index < -0.39 is 0 Å². The normalized spacial score (nSPS) is 14.7. The SMILES string of the molecule is C1COC1.CC.CC(C)(C)C. The van der Waals surface area contributed by atoms with Gasteiger partial charge in [0.25, 0.3) is 0 Å².